The number of carbonyl (C=O) groups is 2. The van der Waals surface area contributed by atoms with Crippen LogP contribution < -0.4 is 10.2 Å². The molecule has 1 aliphatic heterocycles. The van der Waals surface area contributed by atoms with Crippen molar-refractivity contribution in [3.05, 3.63) is 29.8 Å². The van der Waals surface area contributed by atoms with Crippen molar-refractivity contribution in [2.45, 2.75) is 51.5 Å². The van der Waals surface area contributed by atoms with Gasteiger partial charge in [0.05, 0.1) is 17.7 Å². The summed E-state index contributed by atoms with van der Waals surface area (Å²) in [6, 6.07) is 2.68. The number of amides is 1. The van der Waals surface area contributed by atoms with E-state index in [1.165, 1.54) is 6.07 Å². The number of Topliss-reactive ketones (excluding diaryl/α,β-unsaturated/α-hetero) is 1. The third kappa shape index (κ3) is 5.74. The first-order valence-electron chi connectivity index (χ1n) is 9.09. The van der Waals surface area contributed by atoms with E-state index in [-0.39, 0.29) is 30.2 Å². The van der Waals surface area contributed by atoms with Crippen LogP contribution in [0.3, 0.4) is 0 Å². The van der Waals surface area contributed by atoms with Gasteiger partial charge < -0.3 is 20.3 Å². The molecule has 1 amide bonds. The standard InChI is InChI=1S/C18H25BF2N2O4/c1-11(2)9-17(19(26)27)22-18(25)6-5-16(24)15-7-8-23(15)14-4-3-12(20)10-13(14)21/h3-4,10-11,15,17,26-27H,5-9H2,1-2H3,(H,22,25)/t15-,17?/m0/s1. The molecule has 1 aliphatic rings. The van der Waals surface area contributed by atoms with Crippen molar-refractivity contribution in [2.75, 3.05) is 11.4 Å². The van der Waals surface area contributed by atoms with Crippen molar-refractivity contribution in [1.29, 1.82) is 0 Å². The first kappa shape index (κ1) is 21.3. The molecule has 27 heavy (non-hydrogen) atoms. The smallest absolute Gasteiger partial charge is 0.426 e. The van der Waals surface area contributed by atoms with E-state index in [0.29, 0.717) is 19.4 Å². The Bertz CT molecular complexity index is 687. The van der Waals surface area contributed by atoms with Crippen molar-refractivity contribution >= 4 is 24.5 Å². The molecule has 1 unspecified atom stereocenters. The number of benzene rings is 1. The van der Waals surface area contributed by atoms with Gasteiger partial charge in [0, 0.05) is 25.5 Å². The summed E-state index contributed by atoms with van der Waals surface area (Å²) in [5, 5.41) is 21.2. The lowest BCUT2D eigenvalue weighted by Gasteiger charge is -2.42. The summed E-state index contributed by atoms with van der Waals surface area (Å²) in [4.78, 5) is 26.0. The summed E-state index contributed by atoms with van der Waals surface area (Å²) in [5.74, 6) is -2.68. The highest BCUT2D eigenvalue weighted by Crippen LogP contribution is 2.30. The molecule has 1 fully saturated rings. The summed E-state index contributed by atoms with van der Waals surface area (Å²) >= 11 is 0. The van der Waals surface area contributed by atoms with Crippen molar-refractivity contribution in [3.63, 3.8) is 0 Å². The van der Waals surface area contributed by atoms with E-state index < -0.39 is 36.6 Å². The van der Waals surface area contributed by atoms with Crippen LogP contribution in [0.1, 0.15) is 39.5 Å². The summed E-state index contributed by atoms with van der Waals surface area (Å²) in [5.41, 5.74) is 0.172. The second-order valence-electron chi connectivity index (χ2n) is 7.28. The molecule has 0 aliphatic carbocycles. The number of hydrogen-bond acceptors (Lipinski definition) is 5. The number of halogens is 2. The normalized spacial score (nSPS) is 17.4. The lowest BCUT2D eigenvalue weighted by molar-refractivity contribution is -0.126. The second kappa shape index (κ2) is 9.28. The molecule has 0 spiro atoms. The number of nitrogens with one attached hydrogen (secondary N) is 1. The zero-order valence-corrected chi connectivity index (χ0v) is 15.5. The Labute approximate surface area is 157 Å². The summed E-state index contributed by atoms with van der Waals surface area (Å²) < 4.78 is 26.9. The second-order valence-corrected chi connectivity index (χ2v) is 7.28. The highest BCUT2D eigenvalue weighted by Gasteiger charge is 2.35. The summed E-state index contributed by atoms with van der Waals surface area (Å²) in [7, 11) is -1.67. The fourth-order valence-corrected chi connectivity index (χ4v) is 3.17. The highest BCUT2D eigenvalue weighted by atomic mass is 19.1. The molecule has 0 saturated carbocycles. The molecule has 1 heterocycles. The van der Waals surface area contributed by atoms with Crippen LogP contribution in [0.5, 0.6) is 0 Å². The Morgan fingerprint density at radius 2 is 2.00 bits per heavy atom. The Kier molecular flexibility index (Phi) is 7.32. The monoisotopic (exact) mass is 382 g/mol. The van der Waals surface area contributed by atoms with Gasteiger partial charge in [0.1, 0.15) is 11.6 Å². The Morgan fingerprint density at radius 1 is 1.30 bits per heavy atom. The molecular weight excluding hydrogens is 357 g/mol. The van der Waals surface area contributed by atoms with Crippen LogP contribution in [0, 0.1) is 17.6 Å². The molecule has 6 nitrogen and oxygen atoms in total. The van der Waals surface area contributed by atoms with Crippen LogP contribution in [0.25, 0.3) is 0 Å². The maximum Gasteiger partial charge on any atom is 0.475 e. The molecule has 0 radical (unpaired) electrons. The van der Waals surface area contributed by atoms with Gasteiger partial charge >= 0.3 is 7.12 Å². The minimum absolute atomic E-state index is 0.0360. The van der Waals surface area contributed by atoms with Gasteiger partial charge in [-0.15, -0.1) is 0 Å². The molecule has 0 aromatic heterocycles. The zero-order chi connectivity index (χ0) is 20.1. The van der Waals surface area contributed by atoms with Gasteiger partial charge in [-0.3, -0.25) is 9.59 Å². The van der Waals surface area contributed by atoms with E-state index in [2.05, 4.69) is 5.32 Å². The van der Waals surface area contributed by atoms with E-state index in [1.807, 2.05) is 13.8 Å². The Hall–Kier alpha value is -2.00. The van der Waals surface area contributed by atoms with Gasteiger partial charge in [-0.1, -0.05) is 13.8 Å². The van der Waals surface area contributed by atoms with Gasteiger partial charge in [0.2, 0.25) is 5.91 Å². The average Bonchev–Trinajstić information content (AvgIpc) is 2.53. The Morgan fingerprint density at radius 3 is 2.52 bits per heavy atom. The lowest BCUT2D eigenvalue weighted by Crippen LogP contribution is -2.53. The number of ketones is 1. The predicted molar refractivity (Wildman–Crippen MR) is 97.9 cm³/mol. The molecule has 2 atom stereocenters. The third-order valence-electron chi connectivity index (χ3n) is 4.64. The molecule has 1 saturated heterocycles. The van der Waals surface area contributed by atoms with E-state index in [1.54, 1.807) is 4.90 Å². The molecule has 1 aromatic rings. The average molecular weight is 382 g/mol. The number of hydrogen-bond donors (Lipinski definition) is 3. The van der Waals surface area contributed by atoms with E-state index >= 15 is 0 Å². The van der Waals surface area contributed by atoms with Crippen LogP contribution >= 0.6 is 0 Å². The Balaban J connectivity index is 1.87. The molecule has 0 bridgehead atoms. The number of nitrogens with zero attached hydrogens (tertiary/aromatic N) is 1. The van der Waals surface area contributed by atoms with Crippen LogP contribution in [0.2, 0.25) is 0 Å². The molecule has 3 N–H and O–H groups in total. The first-order valence-corrected chi connectivity index (χ1v) is 9.09. The number of carbonyl (C=O) groups excluding carboxylic acids is 2. The van der Waals surface area contributed by atoms with Crippen molar-refractivity contribution < 1.29 is 28.4 Å². The van der Waals surface area contributed by atoms with Crippen molar-refractivity contribution in [3.8, 4) is 0 Å². The highest BCUT2D eigenvalue weighted by molar-refractivity contribution is 6.43. The van der Waals surface area contributed by atoms with E-state index in [0.717, 1.165) is 12.1 Å². The molecule has 148 valence electrons. The SMILES string of the molecule is CC(C)CC(NC(=O)CCC(=O)[C@@H]1CCN1c1ccc(F)cc1F)B(O)O. The van der Waals surface area contributed by atoms with Gasteiger partial charge in [0.25, 0.3) is 0 Å². The van der Waals surface area contributed by atoms with Crippen LogP contribution in [-0.4, -0.2) is 47.4 Å². The van der Waals surface area contributed by atoms with Gasteiger partial charge in [-0.05, 0) is 30.9 Å². The maximum absolute atomic E-state index is 13.9. The maximum atomic E-state index is 13.9. The molecule has 9 heteroatoms. The summed E-state index contributed by atoms with van der Waals surface area (Å²) in [6.45, 7) is 4.27. The van der Waals surface area contributed by atoms with Crippen LogP contribution in [0.4, 0.5) is 14.5 Å². The van der Waals surface area contributed by atoms with Gasteiger partial charge in [-0.2, -0.15) is 0 Å². The first-order chi connectivity index (χ1) is 12.7. The minimum Gasteiger partial charge on any atom is -0.426 e. The fraction of sp³-hybridized carbons (Fsp3) is 0.556. The number of rotatable bonds is 9. The van der Waals surface area contributed by atoms with Crippen molar-refractivity contribution in [1.82, 2.24) is 5.32 Å². The van der Waals surface area contributed by atoms with Crippen molar-refractivity contribution in [2.24, 2.45) is 5.92 Å². The van der Waals surface area contributed by atoms with Gasteiger partial charge in [0.15, 0.2) is 5.78 Å². The lowest BCUT2D eigenvalue weighted by atomic mass is 9.75. The topological polar surface area (TPSA) is 89.9 Å². The minimum atomic E-state index is -1.67. The summed E-state index contributed by atoms with van der Waals surface area (Å²) in [6.07, 6.45) is 0.822. The quantitative estimate of drug-likeness (QED) is 0.563. The van der Waals surface area contributed by atoms with E-state index in [9.17, 15) is 28.4 Å². The van der Waals surface area contributed by atoms with Crippen LogP contribution in [-0.2, 0) is 9.59 Å². The zero-order valence-electron chi connectivity index (χ0n) is 15.5. The van der Waals surface area contributed by atoms with E-state index in [4.69, 9.17) is 0 Å². The predicted octanol–water partition coefficient (Wildman–Crippen LogP) is 1.44. The fourth-order valence-electron chi connectivity index (χ4n) is 3.17. The molecular formula is C18H25BF2N2O4. The number of anilines is 1. The van der Waals surface area contributed by atoms with Crippen LogP contribution in [0.15, 0.2) is 18.2 Å². The third-order valence-corrected chi connectivity index (χ3v) is 4.64. The molecule has 2 rings (SSSR count). The van der Waals surface area contributed by atoms with Gasteiger partial charge in [-0.25, -0.2) is 8.78 Å². The molecule has 1 aromatic carbocycles. The largest absolute Gasteiger partial charge is 0.475 e.